The Hall–Kier alpha value is -1.94. The third kappa shape index (κ3) is 2.84. The lowest BCUT2D eigenvalue weighted by Gasteiger charge is -2.22. The van der Waals surface area contributed by atoms with E-state index in [2.05, 4.69) is 4.98 Å². The molecule has 0 aliphatic heterocycles. The zero-order valence-electron chi connectivity index (χ0n) is 9.97. The molecule has 0 aliphatic carbocycles. The van der Waals surface area contributed by atoms with Gasteiger partial charge in [0.05, 0.1) is 11.9 Å². The molecule has 0 spiro atoms. The second-order valence-electron chi connectivity index (χ2n) is 4.48. The highest BCUT2D eigenvalue weighted by molar-refractivity contribution is 5.28. The van der Waals surface area contributed by atoms with Crippen molar-refractivity contribution in [3.63, 3.8) is 0 Å². The maximum Gasteiger partial charge on any atom is 0.141 e. The molecule has 3 nitrogen and oxygen atoms in total. The summed E-state index contributed by atoms with van der Waals surface area (Å²) in [6.45, 7) is 1.63. The van der Waals surface area contributed by atoms with Crippen molar-refractivity contribution in [2.45, 2.75) is 18.9 Å². The zero-order valence-corrected chi connectivity index (χ0v) is 9.97. The molecule has 0 amide bonds. The number of aromatic hydroxyl groups is 1. The van der Waals surface area contributed by atoms with Gasteiger partial charge in [-0.15, -0.1) is 0 Å². The standard InChI is InChI=1S/C14H14FNO2/c1-14(18,13-7-4-11(15)9-16-13)8-10-2-5-12(17)6-3-10/h2-7,9,17-18H,8H2,1H3. The van der Waals surface area contributed by atoms with Crippen LogP contribution in [0, 0.1) is 5.82 Å². The summed E-state index contributed by atoms with van der Waals surface area (Å²) in [7, 11) is 0. The van der Waals surface area contributed by atoms with Gasteiger partial charge in [0.15, 0.2) is 0 Å². The summed E-state index contributed by atoms with van der Waals surface area (Å²) in [4.78, 5) is 3.89. The lowest BCUT2D eigenvalue weighted by atomic mass is 9.93. The number of benzene rings is 1. The SMILES string of the molecule is CC(O)(Cc1ccc(O)cc1)c1ccc(F)cn1. The fourth-order valence-electron chi connectivity index (χ4n) is 1.80. The van der Waals surface area contributed by atoms with Crippen molar-refractivity contribution < 1.29 is 14.6 Å². The number of nitrogens with zero attached hydrogens (tertiary/aromatic N) is 1. The molecule has 0 saturated heterocycles. The van der Waals surface area contributed by atoms with Crippen molar-refractivity contribution in [1.82, 2.24) is 4.98 Å². The van der Waals surface area contributed by atoms with Gasteiger partial charge in [0.25, 0.3) is 0 Å². The Morgan fingerprint density at radius 3 is 2.39 bits per heavy atom. The first-order valence-corrected chi connectivity index (χ1v) is 5.60. The van der Waals surface area contributed by atoms with Crippen molar-refractivity contribution in [1.29, 1.82) is 0 Å². The molecule has 1 unspecified atom stereocenters. The van der Waals surface area contributed by atoms with Crippen LogP contribution < -0.4 is 0 Å². The van der Waals surface area contributed by atoms with E-state index in [-0.39, 0.29) is 5.75 Å². The quantitative estimate of drug-likeness (QED) is 0.875. The lowest BCUT2D eigenvalue weighted by Crippen LogP contribution is -2.25. The van der Waals surface area contributed by atoms with Gasteiger partial charge in [0.1, 0.15) is 17.2 Å². The molecule has 0 radical (unpaired) electrons. The van der Waals surface area contributed by atoms with E-state index in [1.54, 1.807) is 31.2 Å². The Bertz CT molecular complexity index is 520. The van der Waals surface area contributed by atoms with Crippen molar-refractivity contribution in [2.75, 3.05) is 0 Å². The molecular formula is C14H14FNO2. The number of rotatable bonds is 3. The van der Waals surface area contributed by atoms with Crippen LogP contribution >= 0.6 is 0 Å². The molecule has 0 aliphatic rings. The molecule has 2 aromatic rings. The Morgan fingerprint density at radius 2 is 1.83 bits per heavy atom. The minimum absolute atomic E-state index is 0.179. The molecule has 1 heterocycles. The Labute approximate surface area is 105 Å². The van der Waals surface area contributed by atoms with Crippen LogP contribution in [0.4, 0.5) is 4.39 Å². The van der Waals surface area contributed by atoms with Crippen molar-refractivity contribution >= 4 is 0 Å². The number of aromatic nitrogens is 1. The third-order valence-corrected chi connectivity index (χ3v) is 2.76. The van der Waals surface area contributed by atoms with E-state index in [1.165, 1.54) is 12.1 Å². The third-order valence-electron chi connectivity index (χ3n) is 2.76. The number of hydrogen-bond acceptors (Lipinski definition) is 3. The Kier molecular flexibility index (Phi) is 3.30. The number of pyridine rings is 1. The average Bonchev–Trinajstić information content (AvgIpc) is 2.32. The highest BCUT2D eigenvalue weighted by atomic mass is 19.1. The summed E-state index contributed by atoms with van der Waals surface area (Å²) >= 11 is 0. The minimum Gasteiger partial charge on any atom is -0.508 e. The van der Waals surface area contributed by atoms with Crippen LogP contribution in [-0.2, 0) is 12.0 Å². The first kappa shape index (κ1) is 12.5. The molecule has 1 aromatic carbocycles. The van der Waals surface area contributed by atoms with E-state index in [0.717, 1.165) is 11.8 Å². The number of phenolic OH excluding ortho intramolecular Hbond substituents is 1. The van der Waals surface area contributed by atoms with Gasteiger partial charge in [-0.25, -0.2) is 4.39 Å². The van der Waals surface area contributed by atoms with E-state index >= 15 is 0 Å². The molecule has 0 saturated carbocycles. The molecule has 2 rings (SSSR count). The number of hydrogen-bond donors (Lipinski definition) is 2. The summed E-state index contributed by atoms with van der Waals surface area (Å²) in [5, 5.41) is 19.5. The van der Waals surface area contributed by atoms with Gasteiger partial charge in [-0.1, -0.05) is 12.1 Å². The predicted octanol–water partition coefficient (Wildman–Crippen LogP) is 2.38. The van der Waals surface area contributed by atoms with Gasteiger partial charge < -0.3 is 10.2 Å². The maximum absolute atomic E-state index is 12.8. The minimum atomic E-state index is -1.18. The largest absolute Gasteiger partial charge is 0.508 e. The fourth-order valence-corrected chi connectivity index (χ4v) is 1.80. The monoisotopic (exact) mass is 247 g/mol. The van der Waals surface area contributed by atoms with Crippen LogP contribution in [0.2, 0.25) is 0 Å². The summed E-state index contributed by atoms with van der Waals surface area (Å²) in [5.74, 6) is -0.252. The number of phenols is 1. The van der Waals surface area contributed by atoms with Crippen LogP contribution in [0.15, 0.2) is 42.6 Å². The van der Waals surface area contributed by atoms with E-state index in [9.17, 15) is 14.6 Å². The zero-order chi connectivity index (χ0) is 13.2. The van der Waals surface area contributed by atoms with Gasteiger partial charge in [-0.05, 0) is 36.8 Å². The Balaban J connectivity index is 2.20. The normalized spacial score (nSPS) is 14.2. The molecule has 0 fully saturated rings. The first-order chi connectivity index (χ1) is 8.47. The smallest absolute Gasteiger partial charge is 0.141 e. The van der Waals surface area contributed by atoms with Crippen LogP contribution in [0.3, 0.4) is 0 Å². The van der Waals surface area contributed by atoms with Crippen molar-refractivity contribution in [2.24, 2.45) is 0 Å². The molecular weight excluding hydrogens is 233 g/mol. The summed E-state index contributed by atoms with van der Waals surface area (Å²) < 4.78 is 12.8. The summed E-state index contributed by atoms with van der Waals surface area (Å²) in [5.41, 5.74) is 0.103. The lowest BCUT2D eigenvalue weighted by molar-refractivity contribution is 0.0529. The van der Waals surface area contributed by atoms with Gasteiger partial charge in [0.2, 0.25) is 0 Å². The molecule has 18 heavy (non-hydrogen) atoms. The van der Waals surface area contributed by atoms with Crippen LogP contribution in [0.1, 0.15) is 18.2 Å². The van der Waals surface area contributed by atoms with Crippen molar-refractivity contribution in [3.05, 3.63) is 59.7 Å². The summed E-state index contributed by atoms with van der Waals surface area (Å²) in [6.07, 6.45) is 1.42. The number of halogens is 1. The molecule has 2 N–H and O–H groups in total. The average molecular weight is 247 g/mol. The summed E-state index contributed by atoms with van der Waals surface area (Å²) in [6, 6.07) is 9.32. The second-order valence-corrected chi connectivity index (χ2v) is 4.48. The van der Waals surface area contributed by atoms with Gasteiger partial charge >= 0.3 is 0 Å². The van der Waals surface area contributed by atoms with Gasteiger partial charge in [-0.2, -0.15) is 0 Å². The van der Waals surface area contributed by atoms with E-state index in [1.807, 2.05) is 0 Å². The van der Waals surface area contributed by atoms with Crippen LogP contribution in [0.5, 0.6) is 5.75 Å². The van der Waals surface area contributed by atoms with Crippen LogP contribution in [-0.4, -0.2) is 15.2 Å². The molecule has 1 aromatic heterocycles. The fraction of sp³-hybridized carbons (Fsp3) is 0.214. The highest BCUT2D eigenvalue weighted by Crippen LogP contribution is 2.24. The maximum atomic E-state index is 12.8. The second kappa shape index (κ2) is 4.74. The van der Waals surface area contributed by atoms with Crippen molar-refractivity contribution in [3.8, 4) is 5.75 Å². The topological polar surface area (TPSA) is 53.4 Å². The molecule has 1 atom stereocenters. The van der Waals surface area contributed by atoms with E-state index in [0.29, 0.717) is 12.1 Å². The van der Waals surface area contributed by atoms with Gasteiger partial charge in [-0.3, -0.25) is 4.98 Å². The van der Waals surface area contributed by atoms with Gasteiger partial charge in [0, 0.05) is 6.42 Å². The highest BCUT2D eigenvalue weighted by Gasteiger charge is 2.25. The molecule has 0 bridgehead atoms. The first-order valence-electron chi connectivity index (χ1n) is 5.60. The van der Waals surface area contributed by atoms with E-state index < -0.39 is 11.4 Å². The Morgan fingerprint density at radius 1 is 1.17 bits per heavy atom. The number of aliphatic hydroxyl groups is 1. The molecule has 4 heteroatoms. The predicted molar refractivity (Wildman–Crippen MR) is 65.6 cm³/mol. The van der Waals surface area contributed by atoms with E-state index in [4.69, 9.17) is 0 Å². The van der Waals surface area contributed by atoms with Crippen LogP contribution in [0.25, 0.3) is 0 Å². The molecule has 94 valence electrons.